The second-order valence-electron chi connectivity index (χ2n) is 7.15. The van der Waals surface area contributed by atoms with Gasteiger partial charge in [0.1, 0.15) is 0 Å². The fourth-order valence-electron chi connectivity index (χ4n) is 4.67. The van der Waals surface area contributed by atoms with Gasteiger partial charge < -0.3 is 15.3 Å². The van der Waals surface area contributed by atoms with Crippen molar-refractivity contribution in [2.45, 2.75) is 45.6 Å². The van der Waals surface area contributed by atoms with Crippen LogP contribution in [-0.4, -0.2) is 34.0 Å². The van der Waals surface area contributed by atoms with Crippen LogP contribution in [0.1, 0.15) is 39.5 Å². The number of carboxylic acid groups (broad SMARTS) is 1. The lowest BCUT2D eigenvalue weighted by Crippen LogP contribution is -2.57. The van der Waals surface area contributed by atoms with Gasteiger partial charge in [0.05, 0.1) is 12.7 Å². The van der Waals surface area contributed by atoms with Crippen LogP contribution in [0, 0.1) is 22.7 Å². The quantitative estimate of drug-likeness (QED) is 0.551. The second-order valence-corrected chi connectivity index (χ2v) is 7.15. The summed E-state index contributed by atoms with van der Waals surface area (Å²) in [7, 11) is 0. The van der Waals surface area contributed by atoms with Crippen LogP contribution in [0.15, 0.2) is 24.3 Å². The first-order valence-corrected chi connectivity index (χ1v) is 7.63. The first-order valence-electron chi connectivity index (χ1n) is 7.63. The zero-order chi connectivity index (χ0) is 15.8. The highest BCUT2D eigenvalue weighted by atomic mass is 16.4. The molecule has 21 heavy (non-hydrogen) atoms. The topological polar surface area (TPSA) is 77.8 Å². The van der Waals surface area contributed by atoms with Crippen molar-refractivity contribution in [3.05, 3.63) is 24.3 Å². The Hall–Kier alpha value is -1.13. The molecule has 0 aromatic heterocycles. The molecule has 0 aromatic carbocycles. The van der Waals surface area contributed by atoms with E-state index in [4.69, 9.17) is 5.11 Å². The van der Waals surface area contributed by atoms with E-state index in [0.717, 1.165) is 24.8 Å². The van der Waals surface area contributed by atoms with E-state index >= 15 is 0 Å². The fourth-order valence-corrected chi connectivity index (χ4v) is 4.67. The molecular weight excluding hydrogens is 268 g/mol. The zero-order valence-electron chi connectivity index (χ0n) is 12.9. The Bertz CT molecular complexity index is 469. The Morgan fingerprint density at radius 1 is 1.43 bits per heavy atom. The van der Waals surface area contributed by atoms with E-state index in [-0.39, 0.29) is 23.9 Å². The van der Waals surface area contributed by atoms with Gasteiger partial charge in [0.15, 0.2) is 0 Å². The molecule has 0 radical (unpaired) electrons. The molecular formula is C17H26O4. The monoisotopic (exact) mass is 294 g/mol. The standard InChI is InChI=1S/C17H26O4/c1-11-4-6-13-16(2,12(11)5-7-15(20)21)9-8-14(19)17(13,3)10-18/h5,7,12-14,18-19H,1,4,6,8-10H2,2-3H3,(H,20,21)/b7-5+/t12-,13+,14-,16+,17+/m1/s1. The lowest BCUT2D eigenvalue weighted by Gasteiger charge is -2.59. The minimum absolute atomic E-state index is 0.00859. The molecule has 2 fully saturated rings. The maximum absolute atomic E-state index is 10.9. The van der Waals surface area contributed by atoms with Crippen molar-refractivity contribution in [1.29, 1.82) is 0 Å². The molecule has 2 saturated carbocycles. The maximum Gasteiger partial charge on any atom is 0.327 e. The molecule has 0 saturated heterocycles. The van der Waals surface area contributed by atoms with Gasteiger partial charge in [0.25, 0.3) is 0 Å². The largest absolute Gasteiger partial charge is 0.478 e. The van der Waals surface area contributed by atoms with Gasteiger partial charge in [-0.05, 0) is 37.0 Å². The third kappa shape index (κ3) is 2.55. The van der Waals surface area contributed by atoms with Gasteiger partial charge in [0, 0.05) is 17.4 Å². The molecule has 4 heteroatoms. The minimum Gasteiger partial charge on any atom is -0.478 e. The number of aliphatic hydroxyl groups is 2. The van der Waals surface area contributed by atoms with Crippen molar-refractivity contribution in [2.75, 3.05) is 6.61 Å². The number of hydrogen-bond donors (Lipinski definition) is 3. The average Bonchev–Trinajstić information content (AvgIpc) is 2.42. The van der Waals surface area contributed by atoms with Gasteiger partial charge in [-0.15, -0.1) is 0 Å². The van der Waals surface area contributed by atoms with E-state index in [1.165, 1.54) is 6.08 Å². The van der Waals surface area contributed by atoms with E-state index in [1.54, 1.807) is 6.08 Å². The van der Waals surface area contributed by atoms with Gasteiger partial charge in [-0.25, -0.2) is 4.79 Å². The Morgan fingerprint density at radius 3 is 2.67 bits per heavy atom. The van der Waals surface area contributed by atoms with E-state index in [9.17, 15) is 15.0 Å². The van der Waals surface area contributed by atoms with E-state index in [1.807, 2.05) is 6.92 Å². The van der Waals surface area contributed by atoms with Crippen molar-refractivity contribution < 1.29 is 20.1 Å². The molecule has 0 aliphatic heterocycles. The summed E-state index contributed by atoms with van der Waals surface area (Å²) in [6.45, 7) is 8.19. The number of carboxylic acids is 1. The second kappa shape index (κ2) is 5.58. The van der Waals surface area contributed by atoms with E-state index in [0.29, 0.717) is 6.42 Å². The molecule has 0 spiro atoms. The number of hydrogen-bond acceptors (Lipinski definition) is 3. The van der Waals surface area contributed by atoms with Crippen LogP contribution in [0.4, 0.5) is 0 Å². The molecule has 118 valence electrons. The molecule has 4 nitrogen and oxygen atoms in total. The number of allylic oxidation sites excluding steroid dienone is 2. The Kier molecular flexibility index (Phi) is 4.31. The summed E-state index contributed by atoms with van der Waals surface area (Å²) in [6, 6.07) is 0. The highest BCUT2D eigenvalue weighted by molar-refractivity contribution is 5.79. The summed E-state index contributed by atoms with van der Waals surface area (Å²) >= 11 is 0. The van der Waals surface area contributed by atoms with Gasteiger partial charge in [-0.3, -0.25) is 0 Å². The Labute approximate surface area is 126 Å². The van der Waals surface area contributed by atoms with Crippen LogP contribution in [0.2, 0.25) is 0 Å². The summed E-state index contributed by atoms with van der Waals surface area (Å²) in [5, 5.41) is 29.1. The summed E-state index contributed by atoms with van der Waals surface area (Å²) in [4.78, 5) is 10.9. The van der Waals surface area contributed by atoms with E-state index in [2.05, 4.69) is 13.5 Å². The first-order chi connectivity index (χ1) is 9.75. The average molecular weight is 294 g/mol. The normalized spacial score (nSPS) is 43.8. The van der Waals surface area contributed by atoms with Crippen molar-refractivity contribution in [2.24, 2.45) is 22.7 Å². The third-order valence-electron chi connectivity index (χ3n) is 5.99. The van der Waals surface area contributed by atoms with Crippen LogP contribution < -0.4 is 0 Å². The minimum atomic E-state index is -0.950. The SMILES string of the molecule is C=C1CC[C@@H]2[C@](C)(CO)[C@H](O)CC[C@@]2(C)[C@@H]1/C=C/C(=O)O. The van der Waals surface area contributed by atoms with Crippen molar-refractivity contribution >= 4 is 5.97 Å². The first kappa shape index (κ1) is 16.2. The number of aliphatic carboxylic acids is 1. The van der Waals surface area contributed by atoms with Crippen molar-refractivity contribution in [3.63, 3.8) is 0 Å². The van der Waals surface area contributed by atoms with Crippen LogP contribution in [0.25, 0.3) is 0 Å². The molecule has 0 bridgehead atoms. The fraction of sp³-hybridized carbons (Fsp3) is 0.706. The molecule has 2 aliphatic rings. The third-order valence-corrected chi connectivity index (χ3v) is 5.99. The maximum atomic E-state index is 10.9. The number of aliphatic hydroxyl groups excluding tert-OH is 2. The van der Waals surface area contributed by atoms with Crippen molar-refractivity contribution in [3.8, 4) is 0 Å². The predicted octanol–water partition coefficient (Wildman–Crippen LogP) is 2.37. The zero-order valence-corrected chi connectivity index (χ0v) is 12.9. The molecule has 0 unspecified atom stereocenters. The molecule has 2 rings (SSSR count). The summed E-state index contributed by atoms with van der Waals surface area (Å²) in [5.74, 6) is -0.798. The van der Waals surface area contributed by atoms with Crippen LogP contribution in [0.5, 0.6) is 0 Å². The number of carbonyl (C=O) groups is 1. The number of rotatable bonds is 3. The van der Waals surface area contributed by atoms with Gasteiger partial charge in [-0.1, -0.05) is 32.1 Å². The summed E-state index contributed by atoms with van der Waals surface area (Å²) in [6.07, 6.45) is 5.60. The molecule has 0 heterocycles. The summed E-state index contributed by atoms with van der Waals surface area (Å²) < 4.78 is 0. The van der Waals surface area contributed by atoms with Gasteiger partial charge in [0.2, 0.25) is 0 Å². The van der Waals surface area contributed by atoms with Gasteiger partial charge in [-0.2, -0.15) is 0 Å². The van der Waals surface area contributed by atoms with Crippen molar-refractivity contribution in [1.82, 2.24) is 0 Å². The molecule has 3 N–H and O–H groups in total. The molecule has 2 aliphatic carbocycles. The van der Waals surface area contributed by atoms with E-state index < -0.39 is 17.5 Å². The predicted molar refractivity (Wildman–Crippen MR) is 80.7 cm³/mol. The molecule has 5 atom stereocenters. The Balaban J connectivity index is 2.40. The smallest absolute Gasteiger partial charge is 0.327 e. The van der Waals surface area contributed by atoms with Crippen LogP contribution >= 0.6 is 0 Å². The highest BCUT2D eigenvalue weighted by Crippen LogP contribution is 2.61. The Morgan fingerprint density at radius 2 is 2.10 bits per heavy atom. The summed E-state index contributed by atoms with van der Waals surface area (Å²) in [5.41, 5.74) is 0.379. The lowest BCUT2D eigenvalue weighted by atomic mass is 9.46. The number of fused-ring (bicyclic) bond motifs is 1. The van der Waals surface area contributed by atoms with Gasteiger partial charge >= 0.3 is 5.97 Å². The highest BCUT2D eigenvalue weighted by Gasteiger charge is 2.57. The lowest BCUT2D eigenvalue weighted by molar-refractivity contribution is -0.146. The van der Waals surface area contributed by atoms with Crippen LogP contribution in [0.3, 0.4) is 0 Å². The molecule has 0 amide bonds. The molecule has 0 aromatic rings. The van der Waals surface area contributed by atoms with Crippen LogP contribution in [-0.2, 0) is 4.79 Å².